The van der Waals surface area contributed by atoms with Crippen LogP contribution in [-0.2, 0) is 6.54 Å². The summed E-state index contributed by atoms with van der Waals surface area (Å²) in [6, 6.07) is 5.11. The summed E-state index contributed by atoms with van der Waals surface area (Å²) < 4.78 is 0. The average Bonchev–Trinajstić information content (AvgIpc) is 2.57. The van der Waals surface area contributed by atoms with E-state index in [2.05, 4.69) is 16.8 Å². The van der Waals surface area contributed by atoms with Gasteiger partial charge in [-0.25, -0.2) is 0 Å². The molecule has 19 heavy (non-hydrogen) atoms. The molecule has 0 aliphatic carbocycles. The average molecular weight is 262 g/mol. The number of nitrogens with zero attached hydrogens (tertiary/aromatic N) is 2. The molecule has 1 aromatic rings. The molecule has 1 saturated heterocycles. The SMILES string of the molecule is CC(=O)c1ccc(O)c(CN2CCCN(C)CC2)c1. The highest BCUT2D eigenvalue weighted by molar-refractivity contribution is 5.94. The fraction of sp³-hybridized carbons (Fsp3) is 0.533. The Bertz CT molecular complexity index is 459. The van der Waals surface area contributed by atoms with E-state index in [4.69, 9.17) is 0 Å². The van der Waals surface area contributed by atoms with Crippen molar-refractivity contribution < 1.29 is 9.90 Å². The summed E-state index contributed by atoms with van der Waals surface area (Å²) in [6.45, 7) is 6.47. The Morgan fingerprint density at radius 3 is 2.79 bits per heavy atom. The quantitative estimate of drug-likeness (QED) is 0.843. The van der Waals surface area contributed by atoms with Gasteiger partial charge in [0.15, 0.2) is 5.78 Å². The van der Waals surface area contributed by atoms with Crippen LogP contribution in [-0.4, -0.2) is 53.9 Å². The number of likely N-dealkylation sites (N-methyl/N-ethyl adjacent to an activating group) is 1. The minimum absolute atomic E-state index is 0.0387. The maximum absolute atomic E-state index is 11.4. The fourth-order valence-electron chi connectivity index (χ4n) is 2.43. The Kier molecular flexibility index (Phi) is 4.56. The summed E-state index contributed by atoms with van der Waals surface area (Å²) in [5.74, 6) is 0.319. The van der Waals surface area contributed by atoms with Gasteiger partial charge in [0.1, 0.15) is 5.75 Å². The van der Waals surface area contributed by atoms with Crippen molar-refractivity contribution in [2.45, 2.75) is 19.9 Å². The summed E-state index contributed by atoms with van der Waals surface area (Å²) in [6.07, 6.45) is 1.14. The number of carbonyl (C=O) groups excluding carboxylic acids is 1. The second kappa shape index (κ2) is 6.17. The van der Waals surface area contributed by atoms with Crippen molar-refractivity contribution in [3.63, 3.8) is 0 Å². The van der Waals surface area contributed by atoms with Crippen molar-refractivity contribution in [2.24, 2.45) is 0 Å². The summed E-state index contributed by atoms with van der Waals surface area (Å²) >= 11 is 0. The lowest BCUT2D eigenvalue weighted by Crippen LogP contribution is -2.28. The molecule has 0 amide bonds. The van der Waals surface area contributed by atoms with Gasteiger partial charge in [0.25, 0.3) is 0 Å². The van der Waals surface area contributed by atoms with Gasteiger partial charge in [-0.05, 0) is 51.7 Å². The van der Waals surface area contributed by atoms with Crippen LogP contribution in [0.25, 0.3) is 0 Å². The molecular formula is C15H22N2O2. The van der Waals surface area contributed by atoms with Crippen LogP contribution in [0.4, 0.5) is 0 Å². The minimum Gasteiger partial charge on any atom is -0.508 e. The molecule has 4 nitrogen and oxygen atoms in total. The molecule has 2 rings (SSSR count). The third-order valence-corrected chi connectivity index (χ3v) is 3.69. The first-order valence-corrected chi connectivity index (χ1v) is 6.80. The van der Waals surface area contributed by atoms with Gasteiger partial charge in [0, 0.05) is 30.8 Å². The van der Waals surface area contributed by atoms with Crippen LogP contribution in [0.3, 0.4) is 0 Å². The second-order valence-electron chi connectivity index (χ2n) is 5.33. The Balaban J connectivity index is 2.09. The van der Waals surface area contributed by atoms with Gasteiger partial charge < -0.3 is 10.0 Å². The number of benzene rings is 1. The number of aromatic hydroxyl groups is 1. The smallest absolute Gasteiger partial charge is 0.159 e. The number of ketones is 1. The number of phenols is 1. The van der Waals surface area contributed by atoms with Crippen molar-refractivity contribution in [3.8, 4) is 5.75 Å². The molecule has 0 saturated carbocycles. The molecule has 0 spiro atoms. The van der Waals surface area contributed by atoms with E-state index in [1.165, 1.54) is 0 Å². The molecule has 0 aromatic heterocycles. The van der Waals surface area contributed by atoms with E-state index in [0.717, 1.165) is 38.2 Å². The van der Waals surface area contributed by atoms with E-state index in [1.54, 1.807) is 19.1 Å². The molecule has 4 heteroatoms. The van der Waals surface area contributed by atoms with Crippen molar-refractivity contribution in [1.82, 2.24) is 9.80 Å². The highest BCUT2D eigenvalue weighted by atomic mass is 16.3. The third kappa shape index (κ3) is 3.78. The van der Waals surface area contributed by atoms with Gasteiger partial charge in [0.05, 0.1) is 0 Å². The van der Waals surface area contributed by atoms with E-state index in [-0.39, 0.29) is 11.5 Å². The Morgan fingerprint density at radius 1 is 1.26 bits per heavy atom. The number of carbonyl (C=O) groups is 1. The van der Waals surface area contributed by atoms with Gasteiger partial charge in [-0.1, -0.05) is 0 Å². The maximum atomic E-state index is 11.4. The predicted molar refractivity (Wildman–Crippen MR) is 75.5 cm³/mol. The Labute approximate surface area is 114 Å². The molecule has 104 valence electrons. The van der Waals surface area contributed by atoms with Gasteiger partial charge >= 0.3 is 0 Å². The standard InChI is InChI=1S/C15H22N2O2/c1-12(18)13-4-5-15(19)14(10-13)11-17-7-3-6-16(2)8-9-17/h4-5,10,19H,3,6-9,11H2,1-2H3. The van der Waals surface area contributed by atoms with Gasteiger partial charge in [-0.3, -0.25) is 9.69 Å². The Hall–Kier alpha value is -1.39. The van der Waals surface area contributed by atoms with Crippen LogP contribution < -0.4 is 0 Å². The molecule has 1 heterocycles. The molecule has 1 aliphatic rings. The molecule has 0 atom stereocenters. The molecule has 1 fully saturated rings. The first-order chi connectivity index (χ1) is 9.06. The summed E-state index contributed by atoms with van der Waals surface area (Å²) in [5.41, 5.74) is 1.51. The fourth-order valence-corrected chi connectivity index (χ4v) is 2.43. The number of hydrogen-bond donors (Lipinski definition) is 1. The van der Waals surface area contributed by atoms with Crippen LogP contribution in [0.1, 0.15) is 29.3 Å². The summed E-state index contributed by atoms with van der Waals surface area (Å²) in [4.78, 5) is 16.1. The second-order valence-corrected chi connectivity index (χ2v) is 5.33. The summed E-state index contributed by atoms with van der Waals surface area (Å²) in [7, 11) is 2.14. The molecular weight excluding hydrogens is 240 g/mol. The van der Waals surface area contributed by atoms with Crippen LogP contribution in [0.2, 0.25) is 0 Å². The van der Waals surface area contributed by atoms with Crippen molar-refractivity contribution in [1.29, 1.82) is 0 Å². The van der Waals surface area contributed by atoms with E-state index in [0.29, 0.717) is 12.1 Å². The number of hydrogen-bond acceptors (Lipinski definition) is 4. The third-order valence-electron chi connectivity index (χ3n) is 3.69. The normalized spacial score (nSPS) is 18.2. The Morgan fingerprint density at radius 2 is 2.05 bits per heavy atom. The molecule has 0 unspecified atom stereocenters. The minimum atomic E-state index is 0.0387. The monoisotopic (exact) mass is 262 g/mol. The largest absolute Gasteiger partial charge is 0.508 e. The molecule has 0 bridgehead atoms. The van der Waals surface area contributed by atoms with Crippen LogP contribution in [0, 0.1) is 0 Å². The van der Waals surface area contributed by atoms with Crippen LogP contribution >= 0.6 is 0 Å². The van der Waals surface area contributed by atoms with Crippen molar-refractivity contribution in [2.75, 3.05) is 33.2 Å². The van der Waals surface area contributed by atoms with Crippen LogP contribution in [0.5, 0.6) is 5.75 Å². The highest BCUT2D eigenvalue weighted by Crippen LogP contribution is 2.21. The van der Waals surface area contributed by atoms with Crippen LogP contribution in [0.15, 0.2) is 18.2 Å². The first-order valence-electron chi connectivity index (χ1n) is 6.80. The van der Waals surface area contributed by atoms with Gasteiger partial charge in [0.2, 0.25) is 0 Å². The zero-order chi connectivity index (χ0) is 13.8. The van der Waals surface area contributed by atoms with Crippen molar-refractivity contribution in [3.05, 3.63) is 29.3 Å². The number of rotatable bonds is 3. The zero-order valence-corrected chi connectivity index (χ0v) is 11.7. The molecule has 1 N–H and O–H groups in total. The molecule has 0 radical (unpaired) electrons. The summed E-state index contributed by atoms with van der Waals surface area (Å²) in [5, 5.41) is 9.92. The van der Waals surface area contributed by atoms with E-state index in [9.17, 15) is 9.90 Å². The lowest BCUT2D eigenvalue weighted by atomic mass is 10.1. The molecule has 1 aliphatic heterocycles. The lowest BCUT2D eigenvalue weighted by molar-refractivity contribution is 0.101. The topological polar surface area (TPSA) is 43.8 Å². The van der Waals surface area contributed by atoms with Gasteiger partial charge in [-0.15, -0.1) is 0 Å². The van der Waals surface area contributed by atoms with E-state index >= 15 is 0 Å². The maximum Gasteiger partial charge on any atom is 0.159 e. The highest BCUT2D eigenvalue weighted by Gasteiger charge is 2.14. The van der Waals surface area contributed by atoms with Crippen molar-refractivity contribution >= 4 is 5.78 Å². The van der Waals surface area contributed by atoms with Gasteiger partial charge in [-0.2, -0.15) is 0 Å². The number of phenolic OH excluding ortho intramolecular Hbond substituents is 1. The lowest BCUT2D eigenvalue weighted by Gasteiger charge is -2.20. The molecule has 1 aromatic carbocycles. The van der Waals surface area contributed by atoms with E-state index in [1.807, 2.05) is 6.07 Å². The predicted octanol–water partition coefficient (Wildman–Crippen LogP) is 1.73. The number of Topliss-reactive ketones (excluding diaryl/α,β-unsaturated/α-hetero) is 1. The van der Waals surface area contributed by atoms with E-state index < -0.39 is 0 Å². The first kappa shape index (κ1) is 14.0. The zero-order valence-electron chi connectivity index (χ0n) is 11.7.